The maximum absolute atomic E-state index is 4.24. The molecule has 0 unspecified atom stereocenters. The Morgan fingerprint density at radius 2 is 0.781 bits per heavy atom. The summed E-state index contributed by atoms with van der Waals surface area (Å²) in [6.45, 7) is 4.24. The average molecular weight is 409 g/mol. The number of hydrogen-bond acceptors (Lipinski definition) is 0. The van der Waals surface area contributed by atoms with Gasteiger partial charge < -0.3 is 0 Å². The SMILES string of the molecule is C=Cc1c(-c2ccccc2)cc(-c2ccccc2)c(-c2ccccc2)c1-c1ccccc1. The highest BCUT2D eigenvalue weighted by molar-refractivity contribution is 6.02. The molecule has 0 radical (unpaired) electrons. The predicted octanol–water partition coefficient (Wildman–Crippen LogP) is 9.00. The minimum Gasteiger partial charge on any atom is -0.0984 e. The smallest absolute Gasteiger partial charge is 0.00204 e. The van der Waals surface area contributed by atoms with E-state index in [-0.39, 0.29) is 0 Å². The van der Waals surface area contributed by atoms with Gasteiger partial charge in [0.2, 0.25) is 0 Å². The van der Waals surface area contributed by atoms with Gasteiger partial charge in [0.25, 0.3) is 0 Å². The summed E-state index contributed by atoms with van der Waals surface area (Å²) in [5, 5.41) is 0. The predicted molar refractivity (Wildman–Crippen MR) is 138 cm³/mol. The topological polar surface area (TPSA) is 0 Å². The molecular weight excluding hydrogens is 384 g/mol. The van der Waals surface area contributed by atoms with Crippen molar-refractivity contribution in [3.05, 3.63) is 140 Å². The number of hydrogen-bond donors (Lipinski definition) is 0. The third kappa shape index (κ3) is 3.68. The van der Waals surface area contributed by atoms with Crippen LogP contribution in [0.3, 0.4) is 0 Å². The Kier molecular flexibility index (Phi) is 5.51. The molecule has 0 bridgehead atoms. The molecule has 5 aromatic rings. The minimum atomic E-state index is 1.15. The van der Waals surface area contributed by atoms with Crippen LogP contribution in [0, 0.1) is 0 Å². The van der Waals surface area contributed by atoms with E-state index in [0.717, 1.165) is 5.56 Å². The molecule has 0 heterocycles. The molecule has 0 aliphatic rings. The van der Waals surface area contributed by atoms with E-state index in [1.54, 1.807) is 0 Å². The summed E-state index contributed by atoms with van der Waals surface area (Å²) in [6, 6.07) is 44.9. The van der Waals surface area contributed by atoms with Gasteiger partial charge in [-0.1, -0.05) is 134 Å². The monoisotopic (exact) mass is 408 g/mol. The molecule has 0 saturated heterocycles. The highest BCUT2D eigenvalue weighted by atomic mass is 14.2. The van der Waals surface area contributed by atoms with Gasteiger partial charge in [0, 0.05) is 0 Å². The first kappa shape index (κ1) is 19.8. The zero-order chi connectivity index (χ0) is 21.8. The fourth-order valence-electron chi connectivity index (χ4n) is 4.42. The normalized spacial score (nSPS) is 10.6. The van der Waals surface area contributed by atoms with Gasteiger partial charge in [-0.25, -0.2) is 0 Å². The standard InChI is InChI=1S/C32H24/c1-2-28-29(24-15-7-3-8-16-24)23-30(25-17-9-4-10-18-25)32(27-21-13-6-14-22-27)31(28)26-19-11-5-12-20-26/h2-23H,1H2. The second-order valence-electron chi connectivity index (χ2n) is 7.80. The highest BCUT2D eigenvalue weighted by Crippen LogP contribution is 2.46. The van der Waals surface area contributed by atoms with Crippen LogP contribution in [0.1, 0.15) is 5.56 Å². The second kappa shape index (κ2) is 8.91. The van der Waals surface area contributed by atoms with Crippen LogP contribution in [0.25, 0.3) is 50.6 Å². The van der Waals surface area contributed by atoms with Crippen LogP contribution in [0.2, 0.25) is 0 Å². The second-order valence-corrected chi connectivity index (χ2v) is 7.80. The zero-order valence-electron chi connectivity index (χ0n) is 17.9. The van der Waals surface area contributed by atoms with Gasteiger partial charge in [0.1, 0.15) is 0 Å². The molecule has 32 heavy (non-hydrogen) atoms. The summed E-state index contributed by atoms with van der Waals surface area (Å²) < 4.78 is 0. The molecule has 0 fully saturated rings. The third-order valence-corrected chi connectivity index (χ3v) is 5.87. The van der Waals surface area contributed by atoms with Gasteiger partial charge in [-0.15, -0.1) is 0 Å². The van der Waals surface area contributed by atoms with E-state index in [4.69, 9.17) is 0 Å². The Morgan fingerprint density at radius 3 is 1.22 bits per heavy atom. The van der Waals surface area contributed by atoms with Crippen LogP contribution >= 0.6 is 0 Å². The Hall–Kier alpha value is -4.16. The van der Waals surface area contributed by atoms with E-state index < -0.39 is 0 Å². The summed E-state index contributed by atoms with van der Waals surface area (Å²) in [4.78, 5) is 0. The van der Waals surface area contributed by atoms with E-state index in [9.17, 15) is 0 Å². The van der Waals surface area contributed by atoms with Crippen LogP contribution in [0.15, 0.2) is 134 Å². The van der Waals surface area contributed by atoms with Crippen molar-refractivity contribution < 1.29 is 0 Å². The molecule has 0 aliphatic carbocycles. The van der Waals surface area contributed by atoms with Gasteiger partial charge in [0.15, 0.2) is 0 Å². The Bertz CT molecular complexity index is 1330. The van der Waals surface area contributed by atoms with Crippen LogP contribution in [-0.4, -0.2) is 0 Å². The minimum absolute atomic E-state index is 1.15. The van der Waals surface area contributed by atoms with Crippen molar-refractivity contribution in [1.29, 1.82) is 0 Å². The molecule has 0 atom stereocenters. The van der Waals surface area contributed by atoms with Gasteiger partial charge in [-0.05, 0) is 56.1 Å². The van der Waals surface area contributed by atoms with E-state index in [2.05, 4.69) is 134 Å². The van der Waals surface area contributed by atoms with Crippen molar-refractivity contribution in [3.63, 3.8) is 0 Å². The van der Waals surface area contributed by atoms with Crippen molar-refractivity contribution in [2.75, 3.05) is 0 Å². The molecule has 0 amide bonds. The Labute approximate surface area is 190 Å². The van der Waals surface area contributed by atoms with Gasteiger partial charge >= 0.3 is 0 Å². The van der Waals surface area contributed by atoms with Crippen molar-refractivity contribution in [2.24, 2.45) is 0 Å². The van der Waals surface area contributed by atoms with Crippen LogP contribution in [-0.2, 0) is 0 Å². The van der Waals surface area contributed by atoms with Gasteiger partial charge in [-0.2, -0.15) is 0 Å². The molecule has 5 aromatic carbocycles. The van der Waals surface area contributed by atoms with Crippen molar-refractivity contribution in [1.82, 2.24) is 0 Å². The van der Waals surface area contributed by atoms with E-state index in [1.807, 2.05) is 6.08 Å². The molecule has 152 valence electrons. The highest BCUT2D eigenvalue weighted by Gasteiger charge is 2.20. The number of rotatable bonds is 5. The number of benzene rings is 5. The first-order valence-corrected chi connectivity index (χ1v) is 10.9. The zero-order valence-corrected chi connectivity index (χ0v) is 17.9. The third-order valence-electron chi connectivity index (χ3n) is 5.87. The lowest BCUT2D eigenvalue weighted by molar-refractivity contribution is 1.53. The molecule has 0 N–H and O–H groups in total. The molecule has 0 spiro atoms. The van der Waals surface area contributed by atoms with Crippen molar-refractivity contribution in [3.8, 4) is 44.5 Å². The lowest BCUT2D eigenvalue weighted by atomic mass is 9.81. The summed E-state index contributed by atoms with van der Waals surface area (Å²) in [7, 11) is 0. The summed E-state index contributed by atoms with van der Waals surface area (Å²) >= 11 is 0. The lowest BCUT2D eigenvalue weighted by Gasteiger charge is -2.22. The Morgan fingerprint density at radius 1 is 0.406 bits per heavy atom. The summed E-state index contributed by atoms with van der Waals surface area (Å²) in [5.74, 6) is 0. The van der Waals surface area contributed by atoms with Gasteiger partial charge in [-0.3, -0.25) is 0 Å². The molecule has 0 nitrogen and oxygen atoms in total. The molecule has 0 aliphatic heterocycles. The molecule has 0 heteroatoms. The van der Waals surface area contributed by atoms with E-state index in [1.165, 1.54) is 44.5 Å². The van der Waals surface area contributed by atoms with Crippen molar-refractivity contribution >= 4 is 6.08 Å². The quantitative estimate of drug-likeness (QED) is 0.272. The summed E-state index contributed by atoms with van der Waals surface area (Å²) in [6.07, 6.45) is 2.01. The first-order valence-electron chi connectivity index (χ1n) is 10.9. The van der Waals surface area contributed by atoms with Gasteiger partial charge in [0.05, 0.1) is 0 Å². The fraction of sp³-hybridized carbons (Fsp3) is 0. The maximum Gasteiger partial charge on any atom is -0.00204 e. The molecule has 5 rings (SSSR count). The fourth-order valence-corrected chi connectivity index (χ4v) is 4.42. The first-order chi connectivity index (χ1) is 15.9. The molecular formula is C32H24. The van der Waals surface area contributed by atoms with E-state index >= 15 is 0 Å². The van der Waals surface area contributed by atoms with Crippen LogP contribution < -0.4 is 0 Å². The lowest BCUT2D eigenvalue weighted by Crippen LogP contribution is -1.97. The summed E-state index contributed by atoms with van der Waals surface area (Å²) in [5.41, 5.74) is 10.8. The average Bonchev–Trinajstić information content (AvgIpc) is 2.89. The van der Waals surface area contributed by atoms with E-state index in [0.29, 0.717) is 0 Å². The molecule has 0 aromatic heterocycles. The van der Waals surface area contributed by atoms with Crippen LogP contribution in [0.4, 0.5) is 0 Å². The molecule has 0 saturated carbocycles. The van der Waals surface area contributed by atoms with Crippen molar-refractivity contribution in [2.45, 2.75) is 0 Å². The Balaban J connectivity index is 1.97. The van der Waals surface area contributed by atoms with Crippen LogP contribution in [0.5, 0.6) is 0 Å². The maximum atomic E-state index is 4.24. The largest absolute Gasteiger partial charge is 0.0984 e.